The van der Waals surface area contributed by atoms with Crippen molar-refractivity contribution in [3.05, 3.63) is 23.8 Å². The van der Waals surface area contributed by atoms with Crippen molar-refractivity contribution in [1.82, 2.24) is 4.90 Å². The van der Waals surface area contributed by atoms with E-state index in [-0.39, 0.29) is 23.9 Å². The molecule has 0 saturated heterocycles. The predicted molar refractivity (Wildman–Crippen MR) is 82.3 cm³/mol. The SMILES string of the molecule is CCCN(CCc1ccc(O)c(O)c1)CC(C)C.Cl. The average molecular weight is 288 g/mol. The lowest BCUT2D eigenvalue weighted by Gasteiger charge is -2.23. The number of hydrogen-bond acceptors (Lipinski definition) is 3. The van der Waals surface area contributed by atoms with Crippen molar-refractivity contribution in [3.8, 4) is 11.5 Å². The van der Waals surface area contributed by atoms with Gasteiger partial charge in [0.1, 0.15) is 0 Å². The molecule has 0 bridgehead atoms. The lowest BCUT2D eigenvalue weighted by molar-refractivity contribution is 0.247. The highest BCUT2D eigenvalue weighted by molar-refractivity contribution is 5.85. The molecule has 19 heavy (non-hydrogen) atoms. The summed E-state index contributed by atoms with van der Waals surface area (Å²) in [6, 6.07) is 5.07. The molecule has 0 saturated carbocycles. The minimum Gasteiger partial charge on any atom is -0.504 e. The molecular formula is C15H26ClNO2. The molecule has 0 heterocycles. The average Bonchev–Trinajstić information content (AvgIpc) is 2.30. The smallest absolute Gasteiger partial charge is 0.157 e. The Bertz CT molecular complexity index is 369. The van der Waals surface area contributed by atoms with Gasteiger partial charge in [-0.15, -0.1) is 12.4 Å². The number of phenols is 2. The van der Waals surface area contributed by atoms with E-state index in [0.29, 0.717) is 5.92 Å². The molecule has 1 aromatic carbocycles. The summed E-state index contributed by atoms with van der Waals surface area (Å²) in [7, 11) is 0. The number of aromatic hydroxyl groups is 2. The van der Waals surface area contributed by atoms with Crippen LogP contribution in [0.15, 0.2) is 18.2 Å². The summed E-state index contributed by atoms with van der Waals surface area (Å²) in [5, 5.41) is 18.7. The third-order valence-corrected chi connectivity index (χ3v) is 2.92. The molecule has 0 unspecified atom stereocenters. The first-order valence-electron chi connectivity index (χ1n) is 6.76. The summed E-state index contributed by atoms with van der Waals surface area (Å²) in [6.45, 7) is 9.88. The Morgan fingerprint density at radius 1 is 1.11 bits per heavy atom. The van der Waals surface area contributed by atoms with Crippen molar-refractivity contribution < 1.29 is 10.2 Å². The zero-order valence-corrected chi connectivity index (χ0v) is 12.9. The van der Waals surface area contributed by atoms with E-state index in [0.717, 1.165) is 38.0 Å². The Labute approximate surface area is 122 Å². The van der Waals surface area contributed by atoms with Gasteiger partial charge in [-0.1, -0.05) is 26.8 Å². The van der Waals surface area contributed by atoms with Crippen molar-refractivity contribution in [1.29, 1.82) is 0 Å². The molecule has 0 radical (unpaired) electrons. The maximum absolute atomic E-state index is 9.45. The zero-order valence-electron chi connectivity index (χ0n) is 12.1. The highest BCUT2D eigenvalue weighted by Crippen LogP contribution is 2.25. The molecule has 0 spiro atoms. The van der Waals surface area contributed by atoms with Crippen LogP contribution in [0.1, 0.15) is 32.8 Å². The van der Waals surface area contributed by atoms with Gasteiger partial charge in [0.2, 0.25) is 0 Å². The highest BCUT2D eigenvalue weighted by atomic mass is 35.5. The second-order valence-electron chi connectivity index (χ2n) is 5.27. The largest absolute Gasteiger partial charge is 0.504 e. The Kier molecular flexibility index (Phi) is 8.61. The molecule has 4 heteroatoms. The van der Waals surface area contributed by atoms with Crippen LogP contribution in [-0.4, -0.2) is 34.7 Å². The highest BCUT2D eigenvalue weighted by Gasteiger charge is 2.07. The molecular weight excluding hydrogens is 262 g/mol. The molecule has 0 aliphatic heterocycles. The standard InChI is InChI=1S/C15H25NO2.ClH/c1-4-8-16(11-12(2)3)9-7-13-5-6-14(17)15(18)10-13;/h5-6,10,12,17-18H,4,7-9,11H2,1-3H3;1H. The number of rotatable bonds is 7. The molecule has 1 rings (SSSR count). The minimum atomic E-state index is -0.0497. The third kappa shape index (κ3) is 6.69. The first-order chi connectivity index (χ1) is 8.52. The number of benzene rings is 1. The van der Waals surface area contributed by atoms with E-state index in [2.05, 4.69) is 25.7 Å². The third-order valence-electron chi connectivity index (χ3n) is 2.92. The van der Waals surface area contributed by atoms with Crippen molar-refractivity contribution in [2.45, 2.75) is 33.6 Å². The monoisotopic (exact) mass is 287 g/mol. The summed E-state index contributed by atoms with van der Waals surface area (Å²) in [5.74, 6) is 0.592. The van der Waals surface area contributed by atoms with Crippen molar-refractivity contribution in [3.63, 3.8) is 0 Å². The van der Waals surface area contributed by atoms with Gasteiger partial charge in [-0.3, -0.25) is 0 Å². The Hall–Kier alpha value is -0.930. The van der Waals surface area contributed by atoms with Crippen molar-refractivity contribution in [2.24, 2.45) is 5.92 Å². The second kappa shape index (κ2) is 9.05. The molecule has 3 nitrogen and oxygen atoms in total. The van der Waals surface area contributed by atoms with Gasteiger partial charge in [-0.25, -0.2) is 0 Å². The fourth-order valence-electron chi connectivity index (χ4n) is 2.14. The van der Waals surface area contributed by atoms with Gasteiger partial charge in [0.05, 0.1) is 0 Å². The van der Waals surface area contributed by atoms with E-state index in [4.69, 9.17) is 0 Å². The van der Waals surface area contributed by atoms with E-state index >= 15 is 0 Å². The zero-order chi connectivity index (χ0) is 13.5. The van der Waals surface area contributed by atoms with Gasteiger partial charge >= 0.3 is 0 Å². The van der Waals surface area contributed by atoms with E-state index in [1.54, 1.807) is 12.1 Å². The van der Waals surface area contributed by atoms with E-state index in [1.165, 1.54) is 0 Å². The lowest BCUT2D eigenvalue weighted by Crippen LogP contribution is -2.30. The molecule has 0 amide bonds. The summed E-state index contributed by atoms with van der Waals surface area (Å²) in [4.78, 5) is 2.45. The van der Waals surface area contributed by atoms with Crippen LogP contribution in [0, 0.1) is 5.92 Å². The summed E-state index contributed by atoms with van der Waals surface area (Å²) >= 11 is 0. The molecule has 1 aromatic rings. The van der Waals surface area contributed by atoms with Crippen LogP contribution in [0.5, 0.6) is 11.5 Å². The maximum atomic E-state index is 9.45. The van der Waals surface area contributed by atoms with Crippen molar-refractivity contribution >= 4 is 12.4 Å². The Morgan fingerprint density at radius 2 is 1.79 bits per heavy atom. The van der Waals surface area contributed by atoms with Crippen LogP contribution in [0.25, 0.3) is 0 Å². The van der Waals surface area contributed by atoms with Crippen LogP contribution in [-0.2, 0) is 6.42 Å². The maximum Gasteiger partial charge on any atom is 0.157 e. The molecule has 0 aliphatic rings. The van der Waals surface area contributed by atoms with E-state index in [1.807, 2.05) is 6.07 Å². The van der Waals surface area contributed by atoms with Gasteiger partial charge in [-0.2, -0.15) is 0 Å². The quantitative estimate of drug-likeness (QED) is 0.755. The van der Waals surface area contributed by atoms with Crippen LogP contribution in [0.2, 0.25) is 0 Å². The van der Waals surface area contributed by atoms with Gasteiger partial charge in [-0.05, 0) is 43.0 Å². The predicted octanol–water partition coefficient (Wildman–Crippen LogP) is 3.43. The number of phenolic OH excluding ortho intramolecular Hbond substituents is 2. The molecule has 0 aromatic heterocycles. The number of nitrogens with zero attached hydrogens (tertiary/aromatic N) is 1. The van der Waals surface area contributed by atoms with Crippen LogP contribution in [0.4, 0.5) is 0 Å². The van der Waals surface area contributed by atoms with Crippen molar-refractivity contribution in [2.75, 3.05) is 19.6 Å². The second-order valence-corrected chi connectivity index (χ2v) is 5.27. The fraction of sp³-hybridized carbons (Fsp3) is 0.600. The number of halogens is 1. The fourth-order valence-corrected chi connectivity index (χ4v) is 2.14. The first kappa shape index (κ1) is 18.1. The van der Waals surface area contributed by atoms with Gasteiger partial charge in [0.15, 0.2) is 11.5 Å². The van der Waals surface area contributed by atoms with Gasteiger partial charge < -0.3 is 15.1 Å². The minimum absolute atomic E-state index is 0. The normalized spacial score (nSPS) is 10.8. The van der Waals surface area contributed by atoms with E-state index < -0.39 is 0 Å². The summed E-state index contributed by atoms with van der Waals surface area (Å²) < 4.78 is 0. The topological polar surface area (TPSA) is 43.7 Å². The molecule has 0 aliphatic carbocycles. The van der Waals surface area contributed by atoms with Gasteiger partial charge in [0.25, 0.3) is 0 Å². The molecule has 0 atom stereocenters. The molecule has 0 fully saturated rings. The van der Waals surface area contributed by atoms with Crippen LogP contribution in [0.3, 0.4) is 0 Å². The molecule has 110 valence electrons. The first-order valence-corrected chi connectivity index (χ1v) is 6.76. The Morgan fingerprint density at radius 3 is 2.32 bits per heavy atom. The summed E-state index contributed by atoms with van der Waals surface area (Å²) in [5.41, 5.74) is 1.06. The molecule has 2 N–H and O–H groups in total. The van der Waals surface area contributed by atoms with Gasteiger partial charge in [0, 0.05) is 13.1 Å². The number of hydrogen-bond donors (Lipinski definition) is 2. The Balaban J connectivity index is 0.00000324. The lowest BCUT2D eigenvalue weighted by atomic mass is 10.1. The van der Waals surface area contributed by atoms with Crippen LogP contribution >= 0.6 is 12.4 Å². The van der Waals surface area contributed by atoms with E-state index in [9.17, 15) is 10.2 Å². The van der Waals surface area contributed by atoms with Crippen LogP contribution < -0.4 is 0 Å². The summed E-state index contributed by atoms with van der Waals surface area (Å²) in [6.07, 6.45) is 2.06.